The van der Waals surface area contributed by atoms with Crippen LogP contribution < -0.4 is 0 Å². The van der Waals surface area contributed by atoms with E-state index < -0.39 is 0 Å². The molecule has 4 nitrogen and oxygen atoms in total. The molecule has 0 saturated heterocycles. The summed E-state index contributed by atoms with van der Waals surface area (Å²) < 4.78 is 12.1. The van der Waals surface area contributed by atoms with E-state index in [1.807, 2.05) is 0 Å². The number of ether oxygens (including phenoxy) is 2. The van der Waals surface area contributed by atoms with E-state index >= 15 is 0 Å². The number of unbranched alkanes of at least 4 members (excludes halogenated alkanes) is 2. The van der Waals surface area contributed by atoms with Crippen molar-refractivity contribution in [3.8, 4) is 0 Å². The SMILES string of the molecule is CCCCC(C)CC(C)CC1(C)CCC(COC(=O)C2CCCCC2C(=O)OCC2CCC(C)(CC(C)CC(C)CCCC)C(C)C2)CC1C. The Balaban J connectivity index is 1.42. The molecule has 3 fully saturated rings. The van der Waals surface area contributed by atoms with Crippen LogP contribution in [-0.2, 0) is 19.1 Å². The van der Waals surface area contributed by atoms with E-state index in [0.717, 1.165) is 75.0 Å². The predicted octanol–water partition coefficient (Wildman–Crippen LogP) is 13.2. The summed E-state index contributed by atoms with van der Waals surface area (Å²) >= 11 is 0. The van der Waals surface area contributed by atoms with Crippen LogP contribution in [0.4, 0.5) is 0 Å². The molecule has 12 unspecified atom stereocenters. The Hall–Kier alpha value is -1.06. The summed E-state index contributed by atoms with van der Waals surface area (Å²) in [5.41, 5.74) is 0.755. The molecule has 3 saturated carbocycles. The molecule has 3 aliphatic rings. The van der Waals surface area contributed by atoms with Crippen molar-refractivity contribution < 1.29 is 19.1 Å². The molecular formula is C46H84O4. The third-order valence-electron chi connectivity index (χ3n) is 14.6. The van der Waals surface area contributed by atoms with Gasteiger partial charge in [0.25, 0.3) is 0 Å². The number of carbonyl (C=O) groups excluding carboxylic acids is 2. The quantitative estimate of drug-likeness (QED) is 0.119. The topological polar surface area (TPSA) is 52.6 Å². The molecule has 0 bridgehead atoms. The molecule has 0 heterocycles. The first-order valence-electron chi connectivity index (χ1n) is 22.0. The Labute approximate surface area is 311 Å². The van der Waals surface area contributed by atoms with Crippen LogP contribution in [0.3, 0.4) is 0 Å². The number of hydrogen-bond acceptors (Lipinski definition) is 4. The highest BCUT2D eigenvalue weighted by molar-refractivity contribution is 5.82. The van der Waals surface area contributed by atoms with Crippen LogP contribution in [0.5, 0.6) is 0 Å². The zero-order valence-corrected chi connectivity index (χ0v) is 35.0. The summed E-state index contributed by atoms with van der Waals surface area (Å²) in [6, 6.07) is 0. The molecule has 0 aromatic rings. The molecule has 3 aliphatic carbocycles. The minimum atomic E-state index is -0.340. The van der Waals surface area contributed by atoms with Crippen LogP contribution in [0.15, 0.2) is 0 Å². The fourth-order valence-corrected chi connectivity index (χ4v) is 11.1. The molecule has 0 aliphatic heterocycles. The van der Waals surface area contributed by atoms with E-state index in [9.17, 15) is 9.59 Å². The van der Waals surface area contributed by atoms with Crippen molar-refractivity contribution in [1.29, 1.82) is 0 Å². The van der Waals surface area contributed by atoms with Crippen LogP contribution in [0.1, 0.15) is 198 Å². The van der Waals surface area contributed by atoms with Crippen LogP contribution in [0, 0.1) is 70.0 Å². The average molecular weight is 701 g/mol. The van der Waals surface area contributed by atoms with Crippen LogP contribution in [0.25, 0.3) is 0 Å². The van der Waals surface area contributed by atoms with Gasteiger partial charge in [0.1, 0.15) is 0 Å². The summed E-state index contributed by atoms with van der Waals surface area (Å²) in [5, 5.41) is 0. The molecule has 12 atom stereocenters. The molecule has 0 N–H and O–H groups in total. The molecule has 0 spiro atoms. The zero-order valence-electron chi connectivity index (χ0n) is 35.0. The van der Waals surface area contributed by atoms with Crippen molar-refractivity contribution in [2.75, 3.05) is 13.2 Å². The van der Waals surface area contributed by atoms with Gasteiger partial charge in [-0.3, -0.25) is 9.59 Å². The van der Waals surface area contributed by atoms with Gasteiger partial charge in [0, 0.05) is 0 Å². The number of hydrogen-bond donors (Lipinski definition) is 0. The van der Waals surface area contributed by atoms with Crippen molar-refractivity contribution in [2.24, 2.45) is 70.0 Å². The minimum absolute atomic E-state index is 0.150. The minimum Gasteiger partial charge on any atom is -0.465 e. The Morgan fingerprint density at radius 1 is 0.620 bits per heavy atom. The van der Waals surface area contributed by atoms with E-state index in [1.54, 1.807) is 0 Å². The van der Waals surface area contributed by atoms with E-state index in [4.69, 9.17) is 9.47 Å². The molecule has 0 aromatic carbocycles. The van der Waals surface area contributed by atoms with Crippen molar-refractivity contribution >= 4 is 11.9 Å². The van der Waals surface area contributed by atoms with Crippen molar-refractivity contribution in [1.82, 2.24) is 0 Å². The summed E-state index contributed by atoms with van der Waals surface area (Å²) in [6.07, 6.45) is 23.8. The highest BCUT2D eigenvalue weighted by Crippen LogP contribution is 2.49. The summed E-state index contributed by atoms with van der Waals surface area (Å²) in [6.45, 7) is 25.3. The highest BCUT2D eigenvalue weighted by atomic mass is 16.5. The Morgan fingerprint density at radius 3 is 1.34 bits per heavy atom. The largest absolute Gasteiger partial charge is 0.465 e. The van der Waals surface area contributed by atoms with Crippen LogP contribution in [0.2, 0.25) is 0 Å². The van der Waals surface area contributed by atoms with Gasteiger partial charge in [-0.25, -0.2) is 0 Å². The van der Waals surface area contributed by atoms with Gasteiger partial charge in [0.05, 0.1) is 25.0 Å². The number of esters is 2. The lowest BCUT2D eigenvalue weighted by Crippen LogP contribution is -2.39. The fraction of sp³-hybridized carbons (Fsp3) is 0.957. The first-order valence-corrected chi connectivity index (χ1v) is 22.0. The van der Waals surface area contributed by atoms with E-state index in [2.05, 4.69) is 69.2 Å². The van der Waals surface area contributed by atoms with Gasteiger partial charge in [0.2, 0.25) is 0 Å². The van der Waals surface area contributed by atoms with Gasteiger partial charge in [-0.15, -0.1) is 0 Å². The predicted molar refractivity (Wildman–Crippen MR) is 211 cm³/mol. The lowest BCUT2D eigenvalue weighted by Gasteiger charge is -2.45. The maximum Gasteiger partial charge on any atom is 0.309 e. The molecule has 292 valence electrons. The van der Waals surface area contributed by atoms with Gasteiger partial charge in [-0.2, -0.15) is 0 Å². The molecule has 50 heavy (non-hydrogen) atoms. The molecule has 4 heteroatoms. The standard InChI is InChI=1S/C46H84O4/c1-11-13-17-33(3)25-35(5)29-45(9)23-21-39(27-37(45)7)31-49-43(47)41-19-15-16-20-42(41)44(48)50-32-40-22-24-46(10,38(8)28-40)30-36(6)26-34(4)18-14-12-2/h33-42H,11-32H2,1-10H3. The second-order valence-corrected chi connectivity index (χ2v) is 19.7. The highest BCUT2D eigenvalue weighted by Gasteiger charge is 2.42. The van der Waals surface area contributed by atoms with E-state index in [0.29, 0.717) is 47.7 Å². The number of carbonyl (C=O) groups is 2. The maximum absolute atomic E-state index is 13.5. The summed E-state index contributed by atoms with van der Waals surface area (Å²) in [5.74, 6) is 4.31. The molecular weight excluding hydrogens is 617 g/mol. The van der Waals surface area contributed by atoms with E-state index in [1.165, 1.54) is 77.0 Å². The maximum atomic E-state index is 13.5. The Bertz CT molecular complexity index is 915. The second-order valence-electron chi connectivity index (χ2n) is 19.7. The molecule has 0 amide bonds. The fourth-order valence-electron chi connectivity index (χ4n) is 11.1. The molecule has 0 aromatic heterocycles. The normalized spacial score (nSPS) is 34.4. The third-order valence-corrected chi connectivity index (χ3v) is 14.6. The lowest BCUT2D eigenvalue weighted by molar-refractivity contribution is -0.165. The first kappa shape index (κ1) is 43.3. The molecule has 3 rings (SSSR count). The molecule has 0 radical (unpaired) electrons. The second kappa shape index (κ2) is 21.0. The Kier molecular flexibility index (Phi) is 18.2. The van der Waals surface area contributed by atoms with Gasteiger partial charge in [-0.1, -0.05) is 121 Å². The van der Waals surface area contributed by atoms with Crippen LogP contribution >= 0.6 is 0 Å². The summed E-state index contributed by atoms with van der Waals surface area (Å²) in [7, 11) is 0. The summed E-state index contributed by atoms with van der Waals surface area (Å²) in [4.78, 5) is 27.0. The van der Waals surface area contributed by atoms with Crippen molar-refractivity contribution in [2.45, 2.75) is 198 Å². The number of rotatable bonds is 20. The van der Waals surface area contributed by atoms with Gasteiger partial charge < -0.3 is 9.47 Å². The first-order chi connectivity index (χ1) is 23.7. The van der Waals surface area contributed by atoms with Gasteiger partial charge >= 0.3 is 11.9 Å². The third kappa shape index (κ3) is 13.4. The van der Waals surface area contributed by atoms with E-state index in [-0.39, 0.29) is 23.8 Å². The van der Waals surface area contributed by atoms with Crippen molar-refractivity contribution in [3.05, 3.63) is 0 Å². The smallest absolute Gasteiger partial charge is 0.309 e. The average Bonchev–Trinajstić information content (AvgIpc) is 3.07. The zero-order chi connectivity index (χ0) is 36.9. The van der Waals surface area contributed by atoms with Gasteiger partial charge in [-0.05, 0) is 135 Å². The Morgan fingerprint density at radius 2 is 1.00 bits per heavy atom. The monoisotopic (exact) mass is 701 g/mol. The lowest BCUT2D eigenvalue weighted by atomic mass is 9.61. The van der Waals surface area contributed by atoms with Crippen molar-refractivity contribution in [3.63, 3.8) is 0 Å². The van der Waals surface area contributed by atoms with Crippen LogP contribution in [-0.4, -0.2) is 25.2 Å². The van der Waals surface area contributed by atoms with Gasteiger partial charge in [0.15, 0.2) is 0 Å².